The summed E-state index contributed by atoms with van der Waals surface area (Å²) in [4.78, 5) is 0. The van der Waals surface area contributed by atoms with Crippen LogP contribution in [0.1, 0.15) is 5.56 Å². The van der Waals surface area contributed by atoms with E-state index >= 15 is 0 Å². The third-order valence-corrected chi connectivity index (χ3v) is 1.04. The molecule has 1 aromatic rings. The van der Waals surface area contributed by atoms with Gasteiger partial charge in [0.1, 0.15) is 0 Å². The predicted octanol–water partition coefficient (Wildman–Crippen LogP) is 2.02. The Morgan fingerprint density at radius 2 is 2.57 bits per heavy atom. The fraction of sp³-hybridized carbons (Fsp3) is 0.200. The maximum atomic E-state index is 5.41. The molecule has 38 valence electrons. The first-order valence-electron chi connectivity index (χ1n) is 2.00. The van der Waals surface area contributed by atoms with Crippen LogP contribution in [-0.4, -0.2) is 0 Å². The smallest absolute Gasteiger partial charge is 0.0946 e. The molecule has 0 bridgehead atoms. The Balaban J connectivity index is 2.76. The number of halogens is 1. The summed E-state index contributed by atoms with van der Waals surface area (Å²) in [5, 5.41) is 0. The van der Waals surface area contributed by atoms with Gasteiger partial charge in [0.05, 0.1) is 18.4 Å². The molecule has 2 heteroatoms. The van der Waals surface area contributed by atoms with Gasteiger partial charge in [-0.25, -0.2) is 0 Å². The van der Waals surface area contributed by atoms with Crippen LogP contribution in [0.3, 0.4) is 0 Å². The first-order chi connectivity index (χ1) is 3.43. The van der Waals surface area contributed by atoms with Crippen molar-refractivity contribution in [2.45, 2.75) is 5.88 Å². The molecule has 0 aliphatic heterocycles. The van der Waals surface area contributed by atoms with Crippen molar-refractivity contribution in [1.82, 2.24) is 0 Å². The van der Waals surface area contributed by atoms with Crippen molar-refractivity contribution in [2.24, 2.45) is 0 Å². The highest BCUT2D eigenvalue weighted by molar-refractivity contribution is 6.17. The van der Waals surface area contributed by atoms with Gasteiger partial charge < -0.3 is 4.42 Å². The minimum atomic E-state index is 0.538. The van der Waals surface area contributed by atoms with E-state index in [1.165, 1.54) is 0 Å². The minimum Gasteiger partial charge on any atom is -0.472 e. The summed E-state index contributed by atoms with van der Waals surface area (Å²) in [6, 6.07) is 1.84. The van der Waals surface area contributed by atoms with Crippen LogP contribution in [0.2, 0.25) is 0 Å². The van der Waals surface area contributed by atoms with Crippen molar-refractivity contribution in [1.29, 1.82) is 0 Å². The molecule has 0 fully saturated rings. The Morgan fingerprint density at radius 3 is 2.86 bits per heavy atom. The van der Waals surface area contributed by atoms with E-state index in [1.54, 1.807) is 12.5 Å². The maximum Gasteiger partial charge on any atom is 0.0946 e. The molecule has 0 N–H and O–H groups in total. The van der Waals surface area contributed by atoms with Gasteiger partial charge in [-0.05, 0) is 6.07 Å². The van der Waals surface area contributed by atoms with Crippen molar-refractivity contribution in [2.75, 3.05) is 0 Å². The second kappa shape index (κ2) is 2.03. The van der Waals surface area contributed by atoms with Crippen LogP contribution in [0.4, 0.5) is 0 Å². The fourth-order valence-corrected chi connectivity index (χ4v) is 0.521. The fourth-order valence-electron chi connectivity index (χ4n) is 0.369. The molecule has 0 aliphatic rings. The van der Waals surface area contributed by atoms with Gasteiger partial charge in [0, 0.05) is 5.56 Å². The van der Waals surface area contributed by atoms with Crippen molar-refractivity contribution in [3.63, 3.8) is 0 Å². The lowest BCUT2D eigenvalue weighted by molar-refractivity contribution is 0.565. The summed E-state index contributed by atoms with van der Waals surface area (Å²) in [6.07, 6.45) is 3.24. The van der Waals surface area contributed by atoms with Gasteiger partial charge in [-0.2, -0.15) is 0 Å². The highest BCUT2D eigenvalue weighted by Gasteiger charge is 1.85. The predicted molar refractivity (Wildman–Crippen MR) is 28.3 cm³/mol. The summed E-state index contributed by atoms with van der Waals surface area (Å²) in [5.74, 6) is 0.538. The van der Waals surface area contributed by atoms with Crippen LogP contribution in [0, 0.1) is 0 Å². The van der Waals surface area contributed by atoms with E-state index in [9.17, 15) is 0 Å². The van der Waals surface area contributed by atoms with Crippen LogP contribution in [0.5, 0.6) is 0 Å². The van der Waals surface area contributed by atoms with Gasteiger partial charge in [0.25, 0.3) is 0 Å². The van der Waals surface area contributed by atoms with Crippen LogP contribution in [0.15, 0.2) is 23.0 Å². The second-order valence-corrected chi connectivity index (χ2v) is 1.53. The van der Waals surface area contributed by atoms with Gasteiger partial charge in [-0.3, -0.25) is 0 Å². The third-order valence-electron chi connectivity index (χ3n) is 0.734. The molecular formula is C5H5ClO. The quantitative estimate of drug-likeness (QED) is 0.512. The Morgan fingerprint density at radius 1 is 1.71 bits per heavy atom. The molecule has 0 spiro atoms. The summed E-state index contributed by atoms with van der Waals surface area (Å²) >= 11 is 5.41. The van der Waals surface area contributed by atoms with Gasteiger partial charge >= 0.3 is 0 Å². The van der Waals surface area contributed by atoms with Crippen LogP contribution >= 0.6 is 11.6 Å². The number of alkyl halides is 1. The third kappa shape index (κ3) is 0.967. The Kier molecular flexibility index (Phi) is 1.37. The van der Waals surface area contributed by atoms with Gasteiger partial charge in [-0.1, -0.05) is 0 Å². The van der Waals surface area contributed by atoms with Gasteiger partial charge in [0.2, 0.25) is 0 Å². The second-order valence-electron chi connectivity index (χ2n) is 1.27. The lowest BCUT2D eigenvalue weighted by Crippen LogP contribution is -1.62. The number of furan rings is 1. The standard InChI is InChI=1S/C5H5ClO/c6-3-5-1-2-7-4-5/h1-2,4H,3H2. The number of rotatable bonds is 1. The largest absolute Gasteiger partial charge is 0.472 e. The average Bonchev–Trinajstić information content (AvgIpc) is 2.14. The van der Waals surface area contributed by atoms with E-state index in [1.807, 2.05) is 6.07 Å². The molecule has 1 rings (SSSR count). The first-order valence-corrected chi connectivity index (χ1v) is 2.54. The highest BCUT2D eigenvalue weighted by Crippen LogP contribution is 2.01. The maximum absolute atomic E-state index is 5.41. The highest BCUT2D eigenvalue weighted by atomic mass is 35.5. The molecule has 1 nitrogen and oxygen atoms in total. The van der Waals surface area contributed by atoms with E-state index in [-0.39, 0.29) is 0 Å². The molecular weight excluding hydrogens is 112 g/mol. The lowest BCUT2D eigenvalue weighted by Gasteiger charge is -1.74. The van der Waals surface area contributed by atoms with Gasteiger partial charge in [-0.15, -0.1) is 11.6 Å². The summed E-state index contributed by atoms with van der Waals surface area (Å²) in [7, 11) is 0. The number of hydrogen-bond acceptors (Lipinski definition) is 1. The molecule has 1 heterocycles. The van der Waals surface area contributed by atoms with E-state index in [0.29, 0.717) is 5.88 Å². The number of hydrogen-bond donors (Lipinski definition) is 0. The Hall–Kier alpha value is -0.430. The molecule has 7 heavy (non-hydrogen) atoms. The minimum absolute atomic E-state index is 0.538. The van der Waals surface area contributed by atoms with Crippen LogP contribution in [-0.2, 0) is 5.88 Å². The molecule has 1 aromatic heterocycles. The molecule has 0 saturated heterocycles. The molecule has 0 unspecified atom stereocenters. The summed E-state index contributed by atoms with van der Waals surface area (Å²) < 4.78 is 4.72. The van der Waals surface area contributed by atoms with E-state index in [0.717, 1.165) is 5.56 Å². The molecule has 0 atom stereocenters. The first kappa shape index (κ1) is 4.72. The topological polar surface area (TPSA) is 13.1 Å². The van der Waals surface area contributed by atoms with Crippen molar-refractivity contribution < 1.29 is 4.42 Å². The van der Waals surface area contributed by atoms with Crippen LogP contribution in [0.25, 0.3) is 0 Å². The monoisotopic (exact) mass is 116 g/mol. The zero-order valence-electron chi connectivity index (χ0n) is 3.73. The Bertz CT molecular complexity index is 123. The molecule has 0 aliphatic carbocycles. The normalized spacial score (nSPS) is 9.29. The SMILES string of the molecule is ClCc1ccoc1. The molecule has 0 amide bonds. The zero-order chi connectivity index (χ0) is 5.11. The van der Waals surface area contributed by atoms with E-state index in [4.69, 9.17) is 16.0 Å². The zero-order valence-corrected chi connectivity index (χ0v) is 4.48. The lowest BCUT2D eigenvalue weighted by atomic mass is 10.4. The van der Waals surface area contributed by atoms with E-state index < -0.39 is 0 Å². The van der Waals surface area contributed by atoms with Gasteiger partial charge in [0.15, 0.2) is 0 Å². The van der Waals surface area contributed by atoms with Crippen LogP contribution < -0.4 is 0 Å². The summed E-state index contributed by atoms with van der Waals surface area (Å²) in [6.45, 7) is 0. The van der Waals surface area contributed by atoms with Crippen molar-refractivity contribution >= 4 is 11.6 Å². The van der Waals surface area contributed by atoms with Crippen molar-refractivity contribution in [3.05, 3.63) is 24.2 Å². The summed E-state index contributed by atoms with van der Waals surface area (Å²) in [5.41, 5.74) is 1.03. The molecule has 0 aromatic carbocycles. The molecule has 0 radical (unpaired) electrons. The molecule has 0 saturated carbocycles. The average molecular weight is 117 g/mol. The Labute approximate surface area is 46.9 Å². The van der Waals surface area contributed by atoms with E-state index in [2.05, 4.69) is 0 Å². The van der Waals surface area contributed by atoms with Crippen molar-refractivity contribution in [3.8, 4) is 0 Å².